The van der Waals surface area contributed by atoms with Gasteiger partial charge >= 0.3 is 0 Å². The number of hydrogen-bond donors (Lipinski definition) is 2. The highest BCUT2D eigenvalue weighted by molar-refractivity contribution is 5.19. The molecule has 0 amide bonds. The van der Waals surface area contributed by atoms with Gasteiger partial charge in [0, 0.05) is 12.1 Å². The van der Waals surface area contributed by atoms with Gasteiger partial charge < -0.3 is 11.5 Å². The van der Waals surface area contributed by atoms with Crippen LogP contribution in [0.15, 0.2) is 30.3 Å². The molecule has 0 saturated heterocycles. The molecule has 1 rings (SSSR count). The molecule has 0 saturated carbocycles. The van der Waals surface area contributed by atoms with Crippen LogP contribution >= 0.6 is 0 Å². The van der Waals surface area contributed by atoms with Crippen LogP contribution in [0, 0.1) is 0 Å². The average Bonchev–Trinajstić information content (AvgIpc) is 2.18. The minimum absolute atomic E-state index is 0.0267. The molecular formula is C11H18N2. The summed E-state index contributed by atoms with van der Waals surface area (Å²) in [4.78, 5) is 0. The highest BCUT2D eigenvalue weighted by atomic mass is 14.8. The van der Waals surface area contributed by atoms with Crippen molar-refractivity contribution >= 4 is 0 Å². The quantitative estimate of drug-likeness (QED) is 0.738. The number of rotatable bonds is 4. The molecular weight excluding hydrogens is 160 g/mol. The summed E-state index contributed by atoms with van der Waals surface area (Å²) in [6, 6.07) is 10.1. The lowest BCUT2D eigenvalue weighted by molar-refractivity contribution is 0.506. The Bertz CT molecular complexity index is 233. The van der Waals surface area contributed by atoms with Crippen molar-refractivity contribution in [3.05, 3.63) is 35.9 Å². The van der Waals surface area contributed by atoms with E-state index in [4.69, 9.17) is 11.5 Å². The zero-order valence-electron chi connectivity index (χ0n) is 8.11. The highest BCUT2D eigenvalue weighted by Gasteiger charge is 2.13. The minimum Gasteiger partial charge on any atom is -0.326 e. The predicted octanol–water partition coefficient (Wildman–Crippen LogP) is 1.81. The molecule has 4 N–H and O–H groups in total. The molecule has 0 radical (unpaired) electrons. The van der Waals surface area contributed by atoms with E-state index in [0.29, 0.717) is 0 Å². The van der Waals surface area contributed by atoms with Gasteiger partial charge in [-0.25, -0.2) is 0 Å². The molecule has 0 aromatic heterocycles. The molecule has 2 unspecified atom stereocenters. The van der Waals surface area contributed by atoms with Gasteiger partial charge in [0.15, 0.2) is 0 Å². The summed E-state index contributed by atoms with van der Waals surface area (Å²) in [5, 5.41) is 0. The third kappa shape index (κ3) is 2.83. The van der Waals surface area contributed by atoms with Crippen molar-refractivity contribution in [3.8, 4) is 0 Å². The van der Waals surface area contributed by atoms with Gasteiger partial charge in [-0.05, 0) is 12.0 Å². The first kappa shape index (κ1) is 10.2. The van der Waals surface area contributed by atoms with Crippen LogP contribution in [-0.2, 0) is 0 Å². The van der Waals surface area contributed by atoms with Crippen molar-refractivity contribution in [3.63, 3.8) is 0 Å². The molecule has 0 spiro atoms. The summed E-state index contributed by atoms with van der Waals surface area (Å²) in [6.45, 7) is 2.12. The van der Waals surface area contributed by atoms with Crippen molar-refractivity contribution in [2.75, 3.05) is 0 Å². The predicted molar refractivity (Wildman–Crippen MR) is 56.3 cm³/mol. The summed E-state index contributed by atoms with van der Waals surface area (Å²) >= 11 is 0. The van der Waals surface area contributed by atoms with E-state index < -0.39 is 0 Å². The van der Waals surface area contributed by atoms with Crippen LogP contribution in [0.3, 0.4) is 0 Å². The maximum atomic E-state index is 6.00. The number of benzene rings is 1. The molecule has 0 bridgehead atoms. The van der Waals surface area contributed by atoms with Gasteiger partial charge in [0.05, 0.1) is 0 Å². The molecule has 2 heteroatoms. The van der Waals surface area contributed by atoms with Gasteiger partial charge in [0.2, 0.25) is 0 Å². The fraction of sp³-hybridized carbons (Fsp3) is 0.455. The Balaban J connectivity index is 2.62. The van der Waals surface area contributed by atoms with Crippen LogP contribution in [0.25, 0.3) is 0 Å². The molecule has 2 atom stereocenters. The highest BCUT2D eigenvalue weighted by Crippen LogP contribution is 2.14. The number of hydrogen-bond acceptors (Lipinski definition) is 2. The van der Waals surface area contributed by atoms with Gasteiger partial charge in [-0.15, -0.1) is 0 Å². The van der Waals surface area contributed by atoms with Crippen molar-refractivity contribution in [1.29, 1.82) is 0 Å². The molecule has 0 heterocycles. The molecule has 2 nitrogen and oxygen atoms in total. The largest absolute Gasteiger partial charge is 0.326 e. The summed E-state index contributed by atoms with van der Waals surface area (Å²) in [5.74, 6) is 0. The molecule has 13 heavy (non-hydrogen) atoms. The van der Waals surface area contributed by atoms with E-state index in [-0.39, 0.29) is 12.1 Å². The monoisotopic (exact) mass is 178 g/mol. The van der Waals surface area contributed by atoms with Gasteiger partial charge in [0.25, 0.3) is 0 Å². The maximum Gasteiger partial charge on any atom is 0.0448 e. The van der Waals surface area contributed by atoms with E-state index in [1.165, 1.54) is 0 Å². The molecule has 1 aromatic rings. The van der Waals surface area contributed by atoms with Crippen LogP contribution in [0.5, 0.6) is 0 Å². The van der Waals surface area contributed by atoms with E-state index in [9.17, 15) is 0 Å². The van der Waals surface area contributed by atoms with E-state index in [2.05, 4.69) is 6.92 Å². The van der Waals surface area contributed by atoms with E-state index in [0.717, 1.165) is 18.4 Å². The summed E-state index contributed by atoms with van der Waals surface area (Å²) < 4.78 is 0. The summed E-state index contributed by atoms with van der Waals surface area (Å²) in [6.07, 6.45) is 2.07. The molecule has 0 aliphatic rings. The van der Waals surface area contributed by atoms with Crippen molar-refractivity contribution in [1.82, 2.24) is 0 Å². The zero-order chi connectivity index (χ0) is 9.68. The fourth-order valence-electron chi connectivity index (χ4n) is 1.44. The lowest BCUT2D eigenvalue weighted by Gasteiger charge is -2.19. The van der Waals surface area contributed by atoms with Crippen LogP contribution < -0.4 is 11.5 Å². The fourth-order valence-corrected chi connectivity index (χ4v) is 1.44. The third-order valence-electron chi connectivity index (χ3n) is 2.27. The second-order valence-electron chi connectivity index (χ2n) is 3.39. The first-order chi connectivity index (χ1) is 6.25. The standard InChI is InChI=1S/C11H18N2/c1-2-6-10(12)11(13)9-7-4-3-5-8-9/h3-5,7-8,10-11H,2,6,12-13H2,1H3. The Morgan fingerprint density at radius 2 is 1.77 bits per heavy atom. The average molecular weight is 178 g/mol. The molecule has 0 fully saturated rings. The van der Waals surface area contributed by atoms with Crippen LogP contribution in [-0.4, -0.2) is 6.04 Å². The number of nitrogens with two attached hydrogens (primary N) is 2. The minimum atomic E-state index is -0.0267. The van der Waals surface area contributed by atoms with Crippen molar-refractivity contribution in [2.45, 2.75) is 31.8 Å². The SMILES string of the molecule is CCCC(N)C(N)c1ccccc1. The maximum absolute atomic E-state index is 6.00. The smallest absolute Gasteiger partial charge is 0.0448 e. The Hall–Kier alpha value is -0.860. The van der Waals surface area contributed by atoms with Crippen LogP contribution in [0.4, 0.5) is 0 Å². The van der Waals surface area contributed by atoms with E-state index in [1.807, 2.05) is 30.3 Å². The van der Waals surface area contributed by atoms with Gasteiger partial charge in [-0.3, -0.25) is 0 Å². The lowest BCUT2D eigenvalue weighted by Crippen LogP contribution is -2.33. The Morgan fingerprint density at radius 1 is 1.15 bits per heavy atom. The normalized spacial score (nSPS) is 15.3. The van der Waals surface area contributed by atoms with Crippen molar-refractivity contribution in [2.24, 2.45) is 11.5 Å². The summed E-state index contributed by atoms with van der Waals surface area (Å²) in [5.41, 5.74) is 13.1. The lowest BCUT2D eigenvalue weighted by atomic mass is 9.98. The Kier molecular flexibility index (Phi) is 3.93. The van der Waals surface area contributed by atoms with Gasteiger partial charge in [-0.2, -0.15) is 0 Å². The topological polar surface area (TPSA) is 52.0 Å². The molecule has 0 aliphatic heterocycles. The van der Waals surface area contributed by atoms with Crippen molar-refractivity contribution < 1.29 is 0 Å². The van der Waals surface area contributed by atoms with E-state index in [1.54, 1.807) is 0 Å². The van der Waals surface area contributed by atoms with Crippen LogP contribution in [0.2, 0.25) is 0 Å². The Morgan fingerprint density at radius 3 is 2.31 bits per heavy atom. The zero-order valence-corrected chi connectivity index (χ0v) is 8.11. The first-order valence-electron chi connectivity index (χ1n) is 4.81. The molecule has 0 aliphatic carbocycles. The second-order valence-corrected chi connectivity index (χ2v) is 3.39. The summed E-state index contributed by atoms with van der Waals surface area (Å²) in [7, 11) is 0. The van der Waals surface area contributed by atoms with Gasteiger partial charge in [0.1, 0.15) is 0 Å². The third-order valence-corrected chi connectivity index (χ3v) is 2.27. The van der Waals surface area contributed by atoms with Crippen LogP contribution in [0.1, 0.15) is 31.4 Å². The molecule has 72 valence electrons. The van der Waals surface area contributed by atoms with E-state index >= 15 is 0 Å². The Labute approximate surface area is 79.9 Å². The second kappa shape index (κ2) is 5.00. The first-order valence-corrected chi connectivity index (χ1v) is 4.81. The van der Waals surface area contributed by atoms with Gasteiger partial charge in [-0.1, -0.05) is 43.7 Å². The molecule has 1 aromatic carbocycles.